The van der Waals surface area contributed by atoms with Crippen LogP contribution in [0.1, 0.15) is 23.1 Å². The van der Waals surface area contributed by atoms with Gasteiger partial charge in [-0.3, -0.25) is 4.18 Å². The van der Waals surface area contributed by atoms with E-state index in [0.717, 1.165) is 22.9 Å². The van der Waals surface area contributed by atoms with E-state index in [1.54, 1.807) is 7.11 Å². The summed E-state index contributed by atoms with van der Waals surface area (Å²) in [6.07, 6.45) is 4.80. The molecule has 2 atom stereocenters. The van der Waals surface area contributed by atoms with Gasteiger partial charge in [-0.05, 0) is 35.2 Å². The average molecular weight is 451 g/mol. The minimum atomic E-state index is -3.66. The first-order valence-corrected chi connectivity index (χ1v) is 12.2. The molecule has 0 heterocycles. The SMILES string of the molecule is COc1cc([C@@]2(c3ccccc3)CC=C[C@@H]2OS(C)(=O)=O)ccc1OCc1ccccc1. The molecule has 0 aromatic heterocycles. The minimum absolute atomic E-state index is 0.418. The molecule has 1 aliphatic carbocycles. The molecule has 4 rings (SSSR count). The van der Waals surface area contributed by atoms with Crippen molar-refractivity contribution < 1.29 is 22.1 Å². The Morgan fingerprint density at radius 1 is 0.906 bits per heavy atom. The van der Waals surface area contributed by atoms with Crippen LogP contribution in [-0.4, -0.2) is 27.9 Å². The lowest BCUT2D eigenvalue weighted by Crippen LogP contribution is -2.39. The molecule has 0 saturated carbocycles. The van der Waals surface area contributed by atoms with E-state index in [4.69, 9.17) is 13.7 Å². The van der Waals surface area contributed by atoms with Gasteiger partial charge in [0.15, 0.2) is 11.5 Å². The molecule has 0 amide bonds. The fraction of sp³-hybridized carbons (Fsp3) is 0.231. The lowest BCUT2D eigenvalue weighted by molar-refractivity contribution is 0.192. The summed E-state index contributed by atoms with van der Waals surface area (Å²) >= 11 is 0. The van der Waals surface area contributed by atoms with Crippen LogP contribution >= 0.6 is 0 Å². The number of benzene rings is 3. The molecule has 0 radical (unpaired) electrons. The first kappa shape index (κ1) is 22.1. The fourth-order valence-corrected chi connectivity index (χ4v) is 4.83. The molecule has 3 aromatic carbocycles. The summed E-state index contributed by atoms with van der Waals surface area (Å²) < 4.78 is 41.3. The Morgan fingerprint density at radius 2 is 1.59 bits per heavy atom. The summed E-state index contributed by atoms with van der Waals surface area (Å²) in [4.78, 5) is 0. The molecule has 0 saturated heterocycles. The second-order valence-electron chi connectivity index (χ2n) is 7.83. The van der Waals surface area contributed by atoms with Crippen molar-refractivity contribution in [1.82, 2.24) is 0 Å². The second-order valence-corrected chi connectivity index (χ2v) is 9.43. The topological polar surface area (TPSA) is 61.8 Å². The number of allylic oxidation sites excluding steroid dienone is 1. The zero-order chi connectivity index (χ0) is 22.6. The van der Waals surface area contributed by atoms with Crippen molar-refractivity contribution in [1.29, 1.82) is 0 Å². The van der Waals surface area contributed by atoms with Crippen LogP contribution in [0.15, 0.2) is 91.0 Å². The van der Waals surface area contributed by atoms with E-state index in [1.165, 1.54) is 0 Å². The monoisotopic (exact) mass is 450 g/mol. The standard InChI is InChI=1S/C26H26O5S/c1-29-24-18-22(15-16-23(24)30-19-20-10-5-3-6-11-20)26(21-12-7-4-8-13-21)17-9-14-25(26)31-32(2,27)28/h3-16,18,25H,17,19H2,1-2H3/t25-,26-/m0/s1. The highest BCUT2D eigenvalue weighted by Crippen LogP contribution is 2.47. The maximum Gasteiger partial charge on any atom is 0.264 e. The molecule has 1 aliphatic rings. The molecular formula is C26H26O5S. The van der Waals surface area contributed by atoms with Crippen LogP contribution < -0.4 is 9.47 Å². The predicted octanol–water partition coefficient (Wildman–Crippen LogP) is 4.87. The van der Waals surface area contributed by atoms with Gasteiger partial charge in [0, 0.05) is 0 Å². The molecule has 0 unspecified atom stereocenters. The van der Waals surface area contributed by atoms with Crippen molar-refractivity contribution in [3.05, 3.63) is 108 Å². The Balaban J connectivity index is 1.73. The zero-order valence-corrected chi connectivity index (χ0v) is 18.9. The highest BCUT2D eigenvalue weighted by Gasteiger charge is 2.46. The Hall–Kier alpha value is -3.09. The number of hydrogen-bond acceptors (Lipinski definition) is 5. The van der Waals surface area contributed by atoms with Gasteiger partial charge in [0.2, 0.25) is 0 Å². The van der Waals surface area contributed by atoms with Gasteiger partial charge >= 0.3 is 0 Å². The van der Waals surface area contributed by atoms with Gasteiger partial charge in [-0.15, -0.1) is 0 Å². The lowest BCUT2D eigenvalue weighted by atomic mass is 9.71. The van der Waals surface area contributed by atoms with Crippen LogP contribution in [0.4, 0.5) is 0 Å². The van der Waals surface area contributed by atoms with Gasteiger partial charge < -0.3 is 9.47 Å². The summed E-state index contributed by atoms with van der Waals surface area (Å²) in [5.74, 6) is 1.20. The molecule has 166 valence electrons. The maximum absolute atomic E-state index is 12.0. The lowest BCUT2D eigenvalue weighted by Gasteiger charge is -2.36. The summed E-state index contributed by atoms with van der Waals surface area (Å²) in [5, 5.41) is 0. The third-order valence-electron chi connectivity index (χ3n) is 5.72. The summed E-state index contributed by atoms with van der Waals surface area (Å²) in [5.41, 5.74) is 2.22. The predicted molar refractivity (Wildman–Crippen MR) is 124 cm³/mol. The van der Waals surface area contributed by atoms with Crippen molar-refractivity contribution in [2.75, 3.05) is 13.4 Å². The van der Waals surface area contributed by atoms with E-state index in [0.29, 0.717) is 24.5 Å². The van der Waals surface area contributed by atoms with Crippen LogP contribution in [0, 0.1) is 0 Å². The van der Waals surface area contributed by atoms with Crippen molar-refractivity contribution >= 4 is 10.1 Å². The van der Waals surface area contributed by atoms with Crippen LogP contribution in [0.25, 0.3) is 0 Å². The van der Waals surface area contributed by atoms with E-state index in [2.05, 4.69) is 0 Å². The molecule has 6 heteroatoms. The zero-order valence-electron chi connectivity index (χ0n) is 18.1. The minimum Gasteiger partial charge on any atom is -0.493 e. The molecule has 0 aliphatic heterocycles. The number of rotatable bonds is 8. The van der Waals surface area contributed by atoms with Crippen molar-refractivity contribution in [3.63, 3.8) is 0 Å². The second kappa shape index (κ2) is 9.18. The largest absolute Gasteiger partial charge is 0.493 e. The van der Waals surface area contributed by atoms with Gasteiger partial charge in [0.05, 0.1) is 18.8 Å². The first-order valence-electron chi connectivity index (χ1n) is 10.4. The van der Waals surface area contributed by atoms with Gasteiger partial charge in [-0.25, -0.2) is 0 Å². The first-order chi connectivity index (χ1) is 15.4. The van der Waals surface area contributed by atoms with E-state index in [1.807, 2.05) is 91.0 Å². The van der Waals surface area contributed by atoms with Crippen LogP contribution in [0.3, 0.4) is 0 Å². The van der Waals surface area contributed by atoms with Gasteiger partial charge in [0.1, 0.15) is 12.7 Å². The van der Waals surface area contributed by atoms with Gasteiger partial charge in [-0.1, -0.05) is 78.9 Å². The Bertz CT molecular complexity index is 1190. The Labute approximate surface area is 189 Å². The number of hydrogen-bond donors (Lipinski definition) is 0. The summed E-state index contributed by atoms with van der Waals surface area (Å²) in [6, 6.07) is 25.5. The van der Waals surface area contributed by atoms with Crippen molar-refractivity contribution in [2.24, 2.45) is 0 Å². The molecule has 0 spiro atoms. The van der Waals surface area contributed by atoms with Crippen molar-refractivity contribution in [3.8, 4) is 11.5 Å². The maximum atomic E-state index is 12.0. The molecule has 5 nitrogen and oxygen atoms in total. The van der Waals surface area contributed by atoms with Crippen LogP contribution in [0.5, 0.6) is 11.5 Å². The number of ether oxygens (including phenoxy) is 2. The Kier molecular flexibility index (Phi) is 6.35. The van der Waals surface area contributed by atoms with Gasteiger partial charge in [-0.2, -0.15) is 8.42 Å². The van der Waals surface area contributed by atoms with Crippen molar-refractivity contribution in [2.45, 2.75) is 24.5 Å². The normalized spacial score (nSPS) is 20.2. The average Bonchev–Trinajstić information content (AvgIpc) is 3.21. The Morgan fingerprint density at radius 3 is 2.25 bits per heavy atom. The van der Waals surface area contributed by atoms with E-state index in [9.17, 15) is 8.42 Å². The number of methoxy groups -OCH3 is 1. The highest BCUT2D eigenvalue weighted by molar-refractivity contribution is 7.86. The van der Waals surface area contributed by atoms with E-state index < -0.39 is 21.6 Å². The highest BCUT2D eigenvalue weighted by atomic mass is 32.2. The molecule has 0 bridgehead atoms. The molecule has 32 heavy (non-hydrogen) atoms. The molecular weight excluding hydrogens is 424 g/mol. The third kappa shape index (κ3) is 4.56. The van der Waals surface area contributed by atoms with Gasteiger partial charge in [0.25, 0.3) is 10.1 Å². The molecule has 3 aromatic rings. The fourth-order valence-electron chi connectivity index (χ4n) is 4.23. The third-order valence-corrected chi connectivity index (χ3v) is 6.28. The summed E-state index contributed by atoms with van der Waals surface area (Å²) in [7, 11) is -2.07. The molecule has 0 fully saturated rings. The van der Waals surface area contributed by atoms with Crippen LogP contribution in [-0.2, 0) is 26.3 Å². The van der Waals surface area contributed by atoms with E-state index in [-0.39, 0.29) is 0 Å². The smallest absolute Gasteiger partial charge is 0.264 e. The summed E-state index contributed by atoms with van der Waals surface area (Å²) in [6.45, 7) is 0.418. The van der Waals surface area contributed by atoms with E-state index >= 15 is 0 Å². The molecule has 0 N–H and O–H groups in total. The quantitative estimate of drug-likeness (QED) is 0.362. The van der Waals surface area contributed by atoms with Crippen LogP contribution in [0.2, 0.25) is 0 Å².